The van der Waals surface area contributed by atoms with Crippen LogP contribution in [0.4, 0.5) is 0 Å². The summed E-state index contributed by atoms with van der Waals surface area (Å²) >= 11 is 0. The van der Waals surface area contributed by atoms with E-state index in [4.69, 9.17) is 0 Å². The van der Waals surface area contributed by atoms with Gasteiger partial charge in [0.25, 0.3) is 0 Å². The van der Waals surface area contributed by atoms with Crippen molar-refractivity contribution in [1.82, 2.24) is 0 Å². The second-order valence-electron chi connectivity index (χ2n) is 5.66. The molecule has 0 aliphatic heterocycles. The van der Waals surface area contributed by atoms with Crippen molar-refractivity contribution in [2.24, 2.45) is 17.8 Å². The van der Waals surface area contributed by atoms with Gasteiger partial charge in [-0.1, -0.05) is 18.9 Å². The normalized spacial score (nSPS) is 41.7. The Morgan fingerprint density at radius 3 is 2.67 bits per heavy atom. The molecule has 0 bridgehead atoms. The van der Waals surface area contributed by atoms with Gasteiger partial charge < -0.3 is 5.11 Å². The zero-order valence-corrected chi connectivity index (χ0v) is 9.49. The molecule has 0 amide bonds. The first kappa shape index (κ1) is 9.89. The standard InChI is InChI=1S/C14H22O/c15-14(10-6-3-1-2-4-7-10)13-11-8-5-9-12(11)13/h6,11-15H,1-5,7-9H2. The van der Waals surface area contributed by atoms with E-state index < -0.39 is 0 Å². The Kier molecular flexibility index (Phi) is 2.59. The summed E-state index contributed by atoms with van der Waals surface area (Å²) in [4.78, 5) is 0. The van der Waals surface area contributed by atoms with Crippen LogP contribution in [0.15, 0.2) is 11.6 Å². The molecule has 0 radical (unpaired) electrons. The van der Waals surface area contributed by atoms with Gasteiger partial charge in [-0.05, 0) is 61.9 Å². The number of fused-ring (bicyclic) bond motifs is 1. The predicted molar refractivity (Wildman–Crippen MR) is 61.5 cm³/mol. The summed E-state index contributed by atoms with van der Waals surface area (Å²) in [6, 6.07) is 0. The van der Waals surface area contributed by atoms with E-state index in [1.807, 2.05) is 0 Å². The van der Waals surface area contributed by atoms with Crippen molar-refractivity contribution in [3.63, 3.8) is 0 Å². The SMILES string of the molecule is OC(C1=CCCCCC1)C1C2CCCC21. The van der Waals surface area contributed by atoms with E-state index in [9.17, 15) is 5.11 Å². The fourth-order valence-corrected chi connectivity index (χ4v) is 3.90. The Balaban J connectivity index is 1.64. The lowest BCUT2D eigenvalue weighted by molar-refractivity contribution is 0.166. The summed E-state index contributed by atoms with van der Waals surface area (Å²) in [5.74, 6) is 2.44. The molecule has 1 heteroatoms. The highest BCUT2D eigenvalue weighted by Crippen LogP contribution is 2.60. The third kappa shape index (κ3) is 1.75. The minimum Gasteiger partial charge on any atom is -0.388 e. The Morgan fingerprint density at radius 2 is 1.87 bits per heavy atom. The van der Waals surface area contributed by atoms with E-state index in [1.54, 1.807) is 0 Å². The molecule has 3 atom stereocenters. The van der Waals surface area contributed by atoms with E-state index >= 15 is 0 Å². The third-order valence-electron chi connectivity index (χ3n) is 4.79. The molecule has 15 heavy (non-hydrogen) atoms. The number of aliphatic hydroxyl groups excluding tert-OH is 1. The average Bonchev–Trinajstić information content (AvgIpc) is 2.87. The Bertz CT molecular complexity index is 259. The van der Waals surface area contributed by atoms with Crippen LogP contribution < -0.4 is 0 Å². The molecule has 0 heterocycles. The van der Waals surface area contributed by atoms with Crippen LogP contribution in [0.5, 0.6) is 0 Å². The third-order valence-corrected chi connectivity index (χ3v) is 4.79. The van der Waals surface area contributed by atoms with Crippen molar-refractivity contribution in [3.8, 4) is 0 Å². The Morgan fingerprint density at radius 1 is 1.07 bits per heavy atom. The molecule has 0 spiro atoms. The fraction of sp³-hybridized carbons (Fsp3) is 0.857. The monoisotopic (exact) mass is 206 g/mol. The molecule has 3 rings (SSSR count). The van der Waals surface area contributed by atoms with Gasteiger partial charge in [-0.2, -0.15) is 0 Å². The molecular formula is C14H22O. The summed E-state index contributed by atoms with van der Waals surface area (Å²) in [6.45, 7) is 0. The number of aliphatic hydroxyl groups is 1. The molecule has 3 aliphatic carbocycles. The van der Waals surface area contributed by atoms with Gasteiger partial charge in [-0.25, -0.2) is 0 Å². The maximum atomic E-state index is 10.4. The minimum absolute atomic E-state index is 0.0709. The lowest BCUT2D eigenvalue weighted by atomic mass is 9.96. The van der Waals surface area contributed by atoms with Crippen molar-refractivity contribution in [3.05, 3.63) is 11.6 Å². The molecule has 3 aliphatic rings. The minimum atomic E-state index is -0.0709. The van der Waals surface area contributed by atoms with Crippen LogP contribution in [0.1, 0.15) is 51.4 Å². The quantitative estimate of drug-likeness (QED) is 0.687. The maximum absolute atomic E-state index is 10.4. The molecule has 0 aromatic carbocycles. The molecule has 0 aromatic heterocycles. The lowest BCUT2D eigenvalue weighted by Crippen LogP contribution is -2.16. The first-order valence-electron chi connectivity index (χ1n) is 6.75. The molecule has 84 valence electrons. The van der Waals surface area contributed by atoms with Gasteiger partial charge >= 0.3 is 0 Å². The maximum Gasteiger partial charge on any atom is 0.0783 e. The highest BCUT2D eigenvalue weighted by Gasteiger charge is 2.56. The molecule has 2 fully saturated rings. The molecule has 2 saturated carbocycles. The smallest absolute Gasteiger partial charge is 0.0783 e. The van der Waals surface area contributed by atoms with Crippen molar-refractivity contribution in [2.75, 3.05) is 0 Å². The van der Waals surface area contributed by atoms with Gasteiger partial charge in [-0.15, -0.1) is 0 Å². The molecule has 0 aromatic rings. The second-order valence-corrected chi connectivity index (χ2v) is 5.66. The average molecular weight is 206 g/mol. The van der Waals surface area contributed by atoms with Gasteiger partial charge in [-0.3, -0.25) is 0 Å². The number of hydrogen-bond donors (Lipinski definition) is 1. The van der Waals surface area contributed by atoms with E-state index in [0.29, 0.717) is 5.92 Å². The van der Waals surface area contributed by atoms with Gasteiger partial charge in [0, 0.05) is 0 Å². The molecule has 3 unspecified atom stereocenters. The van der Waals surface area contributed by atoms with Crippen LogP contribution in [-0.2, 0) is 0 Å². The topological polar surface area (TPSA) is 20.2 Å². The van der Waals surface area contributed by atoms with E-state index in [0.717, 1.165) is 18.3 Å². The first-order valence-corrected chi connectivity index (χ1v) is 6.75. The number of hydrogen-bond acceptors (Lipinski definition) is 1. The van der Waals surface area contributed by atoms with Crippen LogP contribution in [0.25, 0.3) is 0 Å². The van der Waals surface area contributed by atoms with Gasteiger partial charge in [0.2, 0.25) is 0 Å². The molecule has 1 nitrogen and oxygen atoms in total. The molecule has 0 saturated heterocycles. The van der Waals surface area contributed by atoms with Gasteiger partial charge in [0.05, 0.1) is 6.10 Å². The van der Waals surface area contributed by atoms with Crippen LogP contribution in [0.3, 0.4) is 0 Å². The van der Waals surface area contributed by atoms with Gasteiger partial charge in [0.15, 0.2) is 0 Å². The summed E-state index contributed by atoms with van der Waals surface area (Å²) in [5, 5.41) is 10.4. The largest absolute Gasteiger partial charge is 0.388 e. The lowest BCUT2D eigenvalue weighted by Gasteiger charge is -2.16. The zero-order chi connectivity index (χ0) is 10.3. The van der Waals surface area contributed by atoms with E-state index in [1.165, 1.54) is 50.5 Å². The summed E-state index contributed by atoms with van der Waals surface area (Å²) in [7, 11) is 0. The number of allylic oxidation sites excluding steroid dienone is 1. The van der Waals surface area contributed by atoms with Crippen molar-refractivity contribution in [1.29, 1.82) is 0 Å². The van der Waals surface area contributed by atoms with Crippen molar-refractivity contribution >= 4 is 0 Å². The van der Waals surface area contributed by atoms with Crippen LogP contribution in [-0.4, -0.2) is 11.2 Å². The highest BCUT2D eigenvalue weighted by molar-refractivity contribution is 5.18. The van der Waals surface area contributed by atoms with Crippen molar-refractivity contribution < 1.29 is 5.11 Å². The number of rotatable bonds is 2. The summed E-state index contributed by atoms with van der Waals surface area (Å²) in [5.41, 5.74) is 1.38. The molecule has 1 N–H and O–H groups in total. The highest BCUT2D eigenvalue weighted by atomic mass is 16.3. The zero-order valence-electron chi connectivity index (χ0n) is 9.49. The Labute approximate surface area is 92.6 Å². The fourth-order valence-electron chi connectivity index (χ4n) is 3.90. The first-order chi connectivity index (χ1) is 7.38. The van der Waals surface area contributed by atoms with Crippen LogP contribution in [0, 0.1) is 17.8 Å². The van der Waals surface area contributed by atoms with E-state index in [-0.39, 0.29) is 6.10 Å². The second kappa shape index (κ2) is 3.93. The van der Waals surface area contributed by atoms with Crippen molar-refractivity contribution in [2.45, 2.75) is 57.5 Å². The Hall–Kier alpha value is -0.300. The van der Waals surface area contributed by atoms with E-state index in [2.05, 4.69) is 6.08 Å². The van der Waals surface area contributed by atoms with Crippen LogP contribution in [0.2, 0.25) is 0 Å². The van der Waals surface area contributed by atoms with Crippen LogP contribution >= 0.6 is 0 Å². The molecular weight excluding hydrogens is 184 g/mol. The summed E-state index contributed by atoms with van der Waals surface area (Å²) in [6.07, 6.45) is 12.8. The van der Waals surface area contributed by atoms with Gasteiger partial charge in [0.1, 0.15) is 0 Å². The predicted octanol–water partition coefficient (Wildman–Crippen LogP) is 3.28. The summed E-state index contributed by atoms with van der Waals surface area (Å²) < 4.78 is 0.